The Kier molecular flexibility index (Phi) is 4.03. The van der Waals surface area contributed by atoms with Gasteiger partial charge in [-0.2, -0.15) is 5.26 Å². The number of halogens is 1. The first-order valence-electron chi connectivity index (χ1n) is 6.96. The molecule has 0 bridgehead atoms. The highest BCUT2D eigenvalue weighted by Gasteiger charge is 2.24. The average molecular weight is 316 g/mol. The third kappa shape index (κ3) is 2.78. The van der Waals surface area contributed by atoms with Gasteiger partial charge in [-0.25, -0.2) is 0 Å². The fraction of sp³-hybridized carbons (Fsp3) is 0.250. The first-order valence-corrected chi connectivity index (χ1v) is 7.34. The summed E-state index contributed by atoms with van der Waals surface area (Å²) in [6.45, 7) is 2.52. The summed E-state index contributed by atoms with van der Waals surface area (Å²) < 4.78 is 5.15. The second-order valence-electron chi connectivity index (χ2n) is 5.03. The van der Waals surface area contributed by atoms with Crippen LogP contribution in [0.5, 0.6) is 0 Å². The van der Waals surface area contributed by atoms with E-state index in [9.17, 15) is 10.1 Å². The summed E-state index contributed by atoms with van der Waals surface area (Å²) in [7, 11) is 0. The maximum Gasteiger partial charge on any atom is 0.289 e. The summed E-state index contributed by atoms with van der Waals surface area (Å²) >= 11 is 5.92. The highest BCUT2D eigenvalue weighted by atomic mass is 35.5. The van der Waals surface area contributed by atoms with Gasteiger partial charge in [-0.05, 0) is 30.3 Å². The molecule has 2 heterocycles. The van der Waals surface area contributed by atoms with Gasteiger partial charge >= 0.3 is 0 Å². The van der Waals surface area contributed by atoms with Gasteiger partial charge < -0.3 is 14.2 Å². The average Bonchev–Trinajstić information content (AvgIpc) is 3.08. The van der Waals surface area contributed by atoms with E-state index in [1.807, 2.05) is 6.07 Å². The van der Waals surface area contributed by atoms with Gasteiger partial charge in [0.2, 0.25) is 0 Å². The van der Waals surface area contributed by atoms with Crippen LogP contribution in [0.15, 0.2) is 41.0 Å². The van der Waals surface area contributed by atoms with Crippen LogP contribution in [-0.2, 0) is 0 Å². The molecule has 0 unspecified atom stereocenters. The zero-order valence-electron chi connectivity index (χ0n) is 11.8. The van der Waals surface area contributed by atoms with Crippen LogP contribution in [0, 0.1) is 11.3 Å². The van der Waals surface area contributed by atoms with Gasteiger partial charge in [0.05, 0.1) is 17.5 Å². The highest BCUT2D eigenvalue weighted by Crippen LogP contribution is 2.25. The number of hydrogen-bond donors (Lipinski definition) is 0. The Bertz CT molecular complexity index is 713. The second-order valence-corrected chi connectivity index (χ2v) is 5.47. The predicted molar refractivity (Wildman–Crippen MR) is 83.0 cm³/mol. The Morgan fingerprint density at radius 1 is 1.23 bits per heavy atom. The van der Waals surface area contributed by atoms with E-state index in [0.29, 0.717) is 42.5 Å². The SMILES string of the molecule is N#Cc1cc(Cl)ccc1N1CCN(C(=O)c2ccco2)CC1. The summed E-state index contributed by atoms with van der Waals surface area (Å²) in [4.78, 5) is 16.1. The van der Waals surface area contributed by atoms with Crippen molar-refractivity contribution in [3.05, 3.63) is 52.9 Å². The van der Waals surface area contributed by atoms with Gasteiger partial charge in [-0.3, -0.25) is 4.79 Å². The van der Waals surface area contributed by atoms with Crippen molar-refractivity contribution in [1.82, 2.24) is 4.90 Å². The number of benzene rings is 1. The lowest BCUT2D eigenvalue weighted by Crippen LogP contribution is -2.48. The van der Waals surface area contributed by atoms with E-state index in [0.717, 1.165) is 5.69 Å². The number of anilines is 1. The Morgan fingerprint density at radius 3 is 2.64 bits per heavy atom. The zero-order valence-corrected chi connectivity index (χ0v) is 12.6. The van der Waals surface area contributed by atoms with E-state index in [4.69, 9.17) is 16.0 Å². The fourth-order valence-corrected chi connectivity index (χ4v) is 2.75. The molecule has 1 aliphatic rings. The van der Waals surface area contributed by atoms with Crippen LogP contribution >= 0.6 is 11.6 Å². The normalized spacial score (nSPS) is 14.7. The number of carbonyl (C=O) groups excluding carboxylic acids is 1. The fourth-order valence-electron chi connectivity index (χ4n) is 2.58. The van der Waals surface area contributed by atoms with E-state index in [2.05, 4.69) is 11.0 Å². The maximum atomic E-state index is 12.2. The van der Waals surface area contributed by atoms with E-state index >= 15 is 0 Å². The predicted octanol–water partition coefficient (Wildman–Crippen LogP) is 2.77. The lowest BCUT2D eigenvalue weighted by atomic mass is 10.1. The first kappa shape index (κ1) is 14.5. The van der Waals surface area contributed by atoms with E-state index in [1.165, 1.54) is 6.26 Å². The molecule has 6 heteroatoms. The minimum Gasteiger partial charge on any atom is -0.459 e. The van der Waals surface area contributed by atoms with Crippen LogP contribution in [0.1, 0.15) is 16.1 Å². The molecule has 1 amide bonds. The minimum absolute atomic E-state index is 0.0961. The van der Waals surface area contributed by atoms with Crippen molar-refractivity contribution in [3.8, 4) is 6.07 Å². The quantitative estimate of drug-likeness (QED) is 0.855. The number of amides is 1. The monoisotopic (exact) mass is 315 g/mol. The van der Waals surface area contributed by atoms with E-state index in [1.54, 1.807) is 29.2 Å². The molecule has 22 heavy (non-hydrogen) atoms. The lowest BCUT2D eigenvalue weighted by molar-refractivity contribution is 0.0714. The molecule has 0 aliphatic carbocycles. The Hall–Kier alpha value is -2.45. The minimum atomic E-state index is -0.0961. The molecule has 3 rings (SSSR count). The van der Waals surface area contributed by atoms with Crippen LogP contribution < -0.4 is 4.90 Å². The topological polar surface area (TPSA) is 60.5 Å². The zero-order chi connectivity index (χ0) is 15.5. The van der Waals surface area contributed by atoms with Gasteiger partial charge in [-0.1, -0.05) is 11.6 Å². The molecule has 1 saturated heterocycles. The Labute approximate surface area is 133 Å². The van der Waals surface area contributed by atoms with E-state index < -0.39 is 0 Å². The molecule has 0 radical (unpaired) electrons. The van der Waals surface area contributed by atoms with Gasteiger partial charge in [0.1, 0.15) is 6.07 Å². The van der Waals surface area contributed by atoms with Crippen molar-refractivity contribution >= 4 is 23.2 Å². The third-order valence-electron chi connectivity index (χ3n) is 3.72. The lowest BCUT2D eigenvalue weighted by Gasteiger charge is -2.36. The van der Waals surface area contributed by atoms with Crippen molar-refractivity contribution in [2.24, 2.45) is 0 Å². The molecule has 1 fully saturated rings. The summed E-state index contributed by atoms with van der Waals surface area (Å²) in [6.07, 6.45) is 1.50. The summed E-state index contributed by atoms with van der Waals surface area (Å²) in [5.74, 6) is 0.263. The molecule has 0 spiro atoms. The second kappa shape index (κ2) is 6.12. The molecule has 0 N–H and O–H groups in total. The molecular formula is C16H14ClN3O2. The number of carbonyl (C=O) groups is 1. The van der Waals surface area contributed by atoms with Crippen molar-refractivity contribution in [2.75, 3.05) is 31.1 Å². The van der Waals surface area contributed by atoms with E-state index in [-0.39, 0.29) is 5.91 Å². The number of nitrogens with zero attached hydrogens (tertiary/aromatic N) is 3. The number of rotatable bonds is 2. The van der Waals surface area contributed by atoms with Crippen molar-refractivity contribution in [2.45, 2.75) is 0 Å². The van der Waals surface area contributed by atoms with Gasteiger partial charge in [0.25, 0.3) is 5.91 Å². The van der Waals surface area contributed by atoms with Crippen LogP contribution in [0.3, 0.4) is 0 Å². The first-order chi connectivity index (χ1) is 10.7. The van der Waals surface area contributed by atoms with Gasteiger partial charge in [-0.15, -0.1) is 0 Å². The number of hydrogen-bond acceptors (Lipinski definition) is 4. The number of furan rings is 1. The third-order valence-corrected chi connectivity index (χ3v) is 3.95. The molecule has 0 saturated carbocycles. The van der Waals surface area contributed by atoms with Crippen LogP contribution in [0.25, 0.3) is 0 Å². The number of nitriles is 1. The van der Waals surface area contributed by atoms with Crippen molar-refractivity contribution in [1.29, 1.82) is 5.26 Å². The molecular weight excluding hydrogens is 302 g/mol. The summed E-state index contributed by atoms with van der Waals surface area (Å²) in [6, 6.07) is 10.8. The van der Waals surface area contributed by atoms with Gasteiger partial charge in [0.15, 0.2) is 5.76 Å². The molecule has 5 nitrogen and oxygen atoms in total. The van der Waals surface area contributed by atoms with Crippen molar-refractivity contribution < 1.29 is 9.21 Å². The molecule has 112 valence electrons. The standard InChI is InChI=1S/C16H14ClN3O2/c17-13-3-4-14(12(10-13)11-18)19-5-7-20(8-6-19)16(21)15-2-1-9-22-15/h1-4,9-10H,5-8H2. The smallest absolute Gasteiger partial charge is 0.289 e. The maximum absolute atomic E-state index is 12.2. The Balaban J connectivity index is 1.70. The van der Waals surface area contributed by atoms with Crippen LogP contribution in [0.4, 0.5) is 5.69 Å². The molecule has 1 aromatic carbocycles. The van der Waals surface area contributed by atoms with Crippen molar-refractivity contribution in [3.63, 3.8) is 0 Å². The molecule has 1 aromatic heterocycles. The highest BCUT2D eigenvalue weighted by molar-refractivity contribution is 6.30. The molecule has 0 atom stereocenters. The summed E-state index contributed by atoms with van der Waals surface area (Å²) in [5.41, 5.74) is 1.41. The largest absolute Gasteiger partial charge is 0.459 e. The van der Waals surface area contributed by atoms with Crippen LogP contribution in [-0.4, -0.2) is 37.0 Å². The molecule has 1 aliphatic heterocycles. The van der Waals surface area contributed by atoms with Gasteiger partial charge in [0, 0.05) is 31.2 Å². The summed E-state index contributed by atoms with van der Waals surface area (Å²) in [5, 5.41) is 9.77. The molecule has 2 aromatic rings. The number of piperazine rings is 1. The van der Waals surface area contributed by atoms with Crippen LogP contribution in [0.2, 0.25) is 5.02 Å². The Morgan fingerprint density at radius 2 is 2.00 bits per heavy atom.